The smallest absolute Gasteiger partial charge is 0.273 e. The molecule has 1 aliphatic heterocycles. The molecule has 214 valence electrons. The second-order valence-electron chi connectivity index (χ2n) is 10.2. The third-order valence-corrected chi connectivity index (χ3v) is 8.10. The number of amides is 1. The number of thiazole rings is 1. The minimum Gasteiger partial charge on any atom is -0.493 e. The summed E-state index contributed by atoms with van der Waals surface area (Å²) < 4.78 is 16.9. The lowest BCUT2D eigenvalue weighted by molar-refractivity contribution is 0.0787. The molecule has 0 N–H and O–H groups in total. The summed E-state index contributed by atoms with van der Waals surface area (Å²) in [6.45, 7) is 4.43. The Morgan fingerprint density at radius 1 is 0.878 bits per heavy atom. The summed E-state index contributed by atoms with van der Waals surface area (Å²) in [7, 11) is 3.30. The number of hydrogen-bond donors (Lipinski definition) is 0. The standard InChI is InChI=1S/C33H37N3O4S/c1-38-30-15-12-25(20-31(30)39-2)16-19-35(22-32-34-29(24-41-32)33(37)36-17-6-7-18-36)21-26-10-13-28(14-11-26)40-23-27-8-4-3-5-9-27/h3-5,8-15,20,24H,6-7,16-19,21-23H2,1-2H3. The van der Waals surface area contributed by atoms with E-state index in [2.05, 4.69) is 35.2 Å². The Morgan fingerprint density at radius 3 is 2.34 bits per heavy atom. The molecule has 5 rings (SSSR count). The van der Waals surface area contributed by atoms with Crippen LogP contribution in [-0.2, 0) is 26.1 Å². The molecular weight excluding hydrogens is 534 g/mol. The van der Waals surface area contributed by atoms with Crippen molar-refractivity contribution < 1.29 is 19.0 Å². The van der Waals surface area contributed by atoms with Crippen molar-refractivity contribution in [3.63, 3.8) is 0 Å². The Balaban J connectivity index is 1.26. The highest BCUT2D eigenvalue weighted by molar-refractivity contribution is 7.09. The molecule has 0 spiro atoms. The number of nitrogens with zero attached hydrogens (tertiary/aromatic N) is 3. The van der Waals surface area contributed by atoms with Crippen LogP contribution < -0.4 is 14.2 Å². The van der Waals surface area contributed by atoms with E-state index in [-0.39, 0.29) is 5.91 Å². The van der Waals surface area contributed by atoms with Crippen LogP contribution in [0, 0.1) is 0 Å². The van der Waals surface area contributed by atoms with Crippen LogP contribution in [0.25, 0.3) is 0 Å². The van der Waals surface area contributed by atoms with Crippen LogP contribution in [0.5, 0.6) is 17.2 Å². The summed E-state index contributed by atoms with van der Waals surface area (Å²) in [6, 6.07) is 24.5. The molecule has 4 aromatic rings. The Morgan fingerprint density at radius 2 is 1.61 bits per heavy atom. The van der Waals surface area contributed by atoms with Crippen molar-refractivity contribution in [3.05, 3.63) is 106 Å². The Bertz CT molecular complexity index is 1400. The van der Waals surface area contributed by atoms with Gasteiger partial charge in [-0.25, -0.2) is 4.98 Å². The first kappa shape index (κ1) is 28.6. The van der Waals surface area contributed by atoms with E-state index < -0.39 is 0 Å². The molecule has 1 aliphatic rings. The summed E-state index contributed by atoms with van der Waals surface area (Å²) >= 11 is 1.56. The molecule has 0 saturated carbocycles. The number of rotatable bonds is 13. The molecular formula is C33H37N3O4S. The molecule has 41 heavy (non-hydrogen) atoms. The van der Waals surface area contributed by atoms with Crippen LogP contribution in [0.4, 0.5) is 0 Å². The Kier molecular flexibility index (Phi) is 9.88. The highest BCUT2D eigenvalue weighted by atomic mass is 32.1. The zero-order valence-electron chi connectivity index (χ0n) is 23.8. The van der Waals surface area contributed by atoms with Gasteiger partial charge in [-0.15, -0.1) is 11.3 Å². The monoisotopic (exact) mass is 571 g/mol. The van der Waals surface area contributed by atoms with E-state index in [0.717, 1.165) is 73.3 Å². The molecule has 0 radical (unpaired) electrons. The molecule has 0 atom stereocenters. The highest BCUT2D eigenvalue weighted by Gasteiger charge is 2.22. The maximum atomic E-state index is 12.9. The fourth-order valence-electron chi connectivity index (χ4n) is 4.98. The first-order valence-electron chi connectivity index (χ1n) is 14.0. The fraction of sp³-hybridized carbons (Fsp3) is 0.333. The number of aromatic nitrogens is 1. The number of benzene rings is 3. The molecule has 7 nitrogen and oxygen atoms in total. The van der Waals surface area contributed by atoms with Gasteiger partial charge in [0.1, 0.15) is 23.1 Å². The van der Waals surface area contributed by atoms with E-state index in [1.54, 1.807) is 25.6 Å². The lowest BCUT2D eigenvalue weighted by Crippen LogP contribution is -2.28. The number of carbonyl (C=O) groups is 1. The maximum absolute atomic E-state index is 12.9. The van der Waals surface area contributed by atoms with Gasteiger partial charge in [0.25, 0.3) is 5.91 Å². The van der Waals surface area contributed by atoms with Crippen molar-refractivity contribution >= 4 is 17.2 Å². The first-order valence-corrected chi connectivity index (χ1v) is 14.9. The van der Waals surface area contributed by atoms with Gasteiger partial charge in [0, 0.05) is 31.6 Å². The minimum absolute atomic E-state index is 0.0490. The van der Waals surface area contributed by atoms with Gasteiger partial charge >= 0.3 is 0 Å². The second-order valence-corrected chi connectivity index (χ2v) is 11.1. The molecule has 0 bridgehead atoms. The molecule has 1 amide bonds. The first-order chi connectivity index (χ1) is 20.1. The lowest BCUT2D eigenvalue weighted by Gasteiger charge is -2.22. The molecule has 3 aromatic carbocycles. The van der Waals surface area contributed by atoms with Crippen molar-refractivity contribution in [2.45, 2.75) is 39.0 Å². The summed E-state index contributed by atoms with van der Waals surface area (Å²) in [5.74, 6) is 2.35. The Labute approximate surface area is 246 Å². The van der Waals surface area contributed by atoms with Crippen LogP contribution in [0.3, 0.4) is 0 Å². The number of likely N-dealkylation sites (tertiary alicyclic amines) is 1. The summed E-state index contributed by atoms with van der Waals surface area (Å²) in [4.78, 5) is 21.9. The Hall–Kier alpha value is -3.88. The fourth-order valence-corrected chi connectivity index (χ4v) is 5.79. The van der Waals surface area contributed by atoms with Gasteiger partial charge in [0.2, 0.25) is 0 Å². The van der Waals surface area contributed by atoms with Gasteiger partial charge in [-0.05, 0) is 60.2 Å². The maximum Gasteiger partial charge on any atom is 0.273 e. The summed E-state index contributed by atoms with van der Waals surface area (Å²) in [6.07, 6.45) is 2.98. The third-order valence-electron chi connectivity index (χ3n) is 7.27. The number of hydrogen-bond acceptors (Lipinski definition) is 7. The van der Waals surface area contributed by atoms with Gasteiger partial charge in [-0.1, -0.05) is 48.5 Å². The van der Waals surface area contributed by atoms with E-state index >= 15 is 0 Å². The van der Waals surface area contributed by atoms with Crippen LogP contribution >= 0.6 is 11.3 Å². The molecule has 1 fully saturated rings. The zero-order valence-corrected chi connectivity index (χ0v) is 24.6. The van der Waals surface area contributed by atoms with Crippen LogP contribution in [0.1, 0.15) is 45.0 Å². The predicted molar refractivity (Wildman–Crippen MR) is 162 cm³/mol. The highest BCUT2D eigenvalue weighted by Crippen LogP contribution is 2.28. The molecule has 0 aliphatic carbocycles. The SMILES string of the molecule is COc1ccc(CCN(Cc2ccc(OCc3ccccc3)cc2)Cc2nc(C(=O)N3CCCC3)cs2)cc1OC. The zero-order chi connectivity index (χ0) is 28.4. The topological polar surface area (TPSA) is 64.1 Å². The van der Waals surface area contributed by atoms with Gasteiger partial charge in [-0.3, -0.25) is 9.69 Å². The average molecular weight is 572 g/mol. The molecule has 1 aromatic heterocycles. The molecule has 1 saturated heterocycles. The minimum atomic E-state index is 0.0490. The summed E-state index contributed by atoms with van der Waals surface area (Å²) in [5.41, 5.74) is 4.06. The van der Waals surface area contributed by atoms with Crippen molar-refractivity contribution in [1.29, 1.82) is 0 Å². The number of methoxy groups -OCH3 is 2. The van der Waals surface area contributed by atoms with Gasteiger partial charge in [-0.2, -0.15) is 0 Å². The summed E-state index contributed by atoms with van der Waals surface area (Å²) in [5, 5.41) is 2.85. The van der Waals surface area contributed by atoms with Crippen LogP contribution in [0.2, 0.25) is 0 Å². The van der Waals surface area contributed by atoms with Crippen LogP contribution in [-0.4, -0.2) is 54.5 Å². The van der Waals surface area contributed by atoms with E-state index in [9.17, 15) is 4.79 Å². The lowest BCUT2D eigenvalue weighted by atomic mass is 10.1. The van der Waals surface area contributed by atoms with E-state index in [0.29, 0.717) is 18.8 Å². The third kappa shape index (κ3) is 7.86. The number of ether oxygens (including phenoxy) is 3. The average Bonchev–Trinajstić information content (AvgIpc) is 3.73. The molecule has 0 unspecified atom stereocenters. The van der Waals surface area contributed by atoms with Crippen molar-refractivity contribution in [1.82, 2.24) is 14.8 Å². The van der Waals surface area contributed by atoms with E-state index in [1.165, 1.54) is 11.1 Å². The van der Waals surface area contributed by atoms with Crippen molar-refractivity contribution in [2.24, 2.45) is 0 Å². The molecule has 2 heterocycles. The largest absolute Gasteiger partial charge is 0.493 e. The number of carbonyl (C=O) groups excluding carboxylic acids is 1. The van der Waals surface area contributed by atoms with E-state index in [4.69, 9.17) is 19.2 Å². The van der Waals surface area contributed by atoms with Gasteiger partial charge < -0.3 is 19.1 Å². The molecule has 8 heteroatoms. The van der Waals surface area contributed by atoms with E-state index in [1.807, 2.05) is 52.7 Å². The van der Waals surface area contributed by atoms with Gasteiger partial charge in [0.15, 0.2) is 11.5 Å². The van der Waals surface area contributed by atoms with Crippen LogP contribution in [0.15, 0.2) is 78.2 Å². The normalized spacial score (nSPS) is 13.0. The van der Waals surface area contributed by atoms with Crippen molar-refractivity contribution in [3.8, 4) is 17.2 Å². The second kappa shape index (κ2) is 14.1. The quantitative estimate of drug-likeness (QED) is 0.190. The van der Waals surface area contributed by atoms with Gasteiger partial charge in [0.05, 0.1) is 20.8 Å². The predicted octanol–water partition coefficient (Wildman–Crippen LogP) is 6.22. The van der Waals surface area contributed by atoms with Crippen molar-refractivity contribution in [2.75, 3.05) is 33.9 Å².